The van der Waals surface area contributed by atoms with Gasteiger partial charge in [-0.2, -0.15) is 5.26 Å². The molecule has 0 bridgehead atoms. The van der Waals surface area contributed by atoms with Gasteiger partial charge >= 0.3 is 5.97 Å². The summed E-state index contributed by atoms with van der Waals surface area (Å²) in [6.07, 6.45) is 0.275. The Kier molecular flexibility index (Phi) is 5.53. The summed E-state index contributed by atoms with van der Waals surface area (Å²) in [7, 11) is 0. The van der Waals surface area contributed by atoms with Crippen molar-refractivity contribution in [1.82, 2.24) is 0 Å². The van der Waals surface area contributed by atoms with Gasteiger partial charge in [-0.3, -0.25) is 0 Å². The third kappa shape index (κ3) is 3.97. The largest absolute Gasteiger partial charge is 0.459 e. The van der Waals surface area contributed by atoms with Crippen molar-refractivity contribution >= 4 is 23.4 Å². The standard InChI is InChI=1S/C13H16N2O2S/c1-9(2)17-13(16)10-5-3-6-11(12(10)15)18-8-4-7-14/h3,5-6,9H,4,8,15H2,1-2H3. The summed E-state index contributed by atoms with van der Waals surface area (Å²) in [5.74, 6) is 0.244. The van der Waals surface area contributed by atoms with E-state index in [0.29, 0.717) is 23.4 Å². The van der Waals surface area contributed by atoms with Crippen molar-refractivity contribution in [2.75, 3.05) is 11.5 Å². The van der Waals surface area contributed by atoms with E-state index in [2.05, 4.69) is 6.07 Å². The fourth-order valence-corrected chi connectivity index (χ4v) is 2.19. The normalized spacial score (nSPS) is 10.1. The van der Waals surface area contributed by atoms with Gasteiger partial charge in [0.1, 0.15) is 0 Å². The van der Waals surface area contributed by atoms with Gasteiger partial charge in [-0.25, -0.2) is 4.79 Å². The van der Waals surface area contributed by atoms with Crippen LogP contribution in [0.2, 0.25) is 0 Å². The molecule has 1 rings (SSSR count). The number of benzene rings is 1. The number of nitrogen functional groups attached to an aromatic ring is 1. The number of carbonyl (C=O) groups excluding carboxylic acids is 1. The number of anilines is 1. The van der Waals surface area contributed by atoms with Crippen LogP contribution >= 0.6 is 11.8 Å². The van der Waals surface area contributed by atoms with Crippen LogP contribution in [0.3, 0.4) is 0 Å². The number of ether oxygens (including phenoxy) is 1. The lowest BCUT2D eigenvalue weighted by Gasteiger charge is -2.11. The summed E-state index contributed by atoms with van der Waals surface area (Å²) in [6, 6.07) is 7.32. The summed E-state index contributed by atoms with van der Waals surface area (Å²) in [6.45, 7) is 3.58. The molecule has 96 valence electrons. The number of esters is 1. The number of thioether (sulfide) groups is 1. The van der Waals surface area contributed by atoms with Crippen LogP contribution in [0.1, 0.15) is 30.6 Å². The molecule has 0 amide bonds. The van der Waals surface area contributed by atoms with E-state index in [1.165, 1.54) is 11.8 Å². The van der Waals surface area contributed by atoms with E-state index in [0.717, 1.165) is 4.90 Å². The first-order valence-electron chi connectivity index (χ1n) is 5.65. The molecule has 18 heavy (non-hydrogen) atoms. The number of para-hydroxylation sites is 1. The Balaban J connectivity index is 2.85. The number of rotatable bonds is 5. The van der Waals surface area contributed by atoms with E-state index in [4.69, 9.17) is 15.7 Å². The molecule has 5 heteroatoms. The Bertz CT molecular complexity index is 467. The van der Waals surface area contributed by atoms with Gasteiger partial charge in [-0.1, -0.05) is 6.07 Å². The zero-order chi connectivity index (χ0) is 13.5. The maximum Gasteiger partial charge on any atom is 0.340 e. The number of nitriles is 1. The summed E-state index contributed by atoms with van der Waals surface area (Å²) < 4.78 is 5.12. The predicted molar refractivity (Wildman–Crippen MR) is 72.4 cm³/mol. The molecule has 4 nitrogen and oxygen atoms in total. The minimum atomic E-state index is -0.412. The van der Waals surface area contributed by atoms with Gasteiger partial charge in [-0.05, 0) is 26.0 Å². The highest BCUT2D eigenvalue weighted by molar-refractivity contribution is 7.99. The fourth-order valence-electron chi connectivity index (χ4n) is 1.33. The van der Waals surface area contributed by atoms with Crippen molar-refractivity contribution in [3.8, 4) is 6.07 Å². The Labute approximate surface area is 111 Å². The Morgan fingerprint density at radius 3 is 2.89 bits per heavy atom. The SMILES string of the molecule is CC(C)OC(=O)c1cccc(SCCC#N)c1N. The van der Waals surface area contributed by atoms with Crippen LogP contribution in [0.25, 0.3) is 0 Å². The van der Waals surface area contributed by atoms with E-state index >= 15 is 0 Å². The van der Waals surface area contributed by atoms with Crippen LogP contribution in [-0.4, -0.2) is 17.8 Å². The van der Waals surface area contributed by atoms with E-state index in [1.807, 2.05) is 6.07 Å². The molecule has 1 aromatic rings. The number of nitrogens with zero attached hydrogens (tertiary/aromatic N) is 1. The summed E-state index contributed by atoms with van der Waals surface area (Å²) in [5, 5.41) is 8.49. The minimum absolute atomic E-state index is 0.174. The lowest BCUT2D eigenvalue weighted by Crippen LogP contribution is -2.13. The zero-order valence-electron chi connectivity index (χ0n) is 10.5. The molecular formula is C13H16N2O2S. The molecular weight excluding hydrogens is 248 g/mol. The summed E-state index contributed by atoms with van der Waals surface area (Å²) in [4.78, 5) is 12.6. The molecule has 0 aromatic heterocycles. The molecule has 1 aromatic carbocycles. The topological polar surface area (TPSA) is 76.1 Å². The number of hydrogen-bond acceptors (Lipinski definition) is 5. The molecule has 0 saturated carbocycles. The average molecular weight is 264 g/mol. The number of nitrogens with two attached hydrogens (primary N) is 1. The second-order valence-electron chi connectivity index (χ2n) is 3.93. The molecule has 0 fully saturated rings. The van der Waals surface area contributed by atoms with Crippen LogP contribution in [0.5, 0.6) is 0 Å². The van der Waals surface area contributed by atoms with Crippen LogP contribution < -0.4 is 5.73 Å². The molecule has 0 aliphatic carbocycles. The van der Waals surface area contributed by atoms with Crippen molar-refractivity contribution in [3.63, 3.8) is 0 Å². The molecule has 0 atom stereocenters. The highest BCUT2D eigenvalue weighted by atomic mass is 32.2. The zero-order valence-corrected chi connectivity index (χ0v) is 11.3. The van der Waals surface area contributed by atoms with E-state index < -0.39 is 5.97 Å². The lowest BCUT2D eigenvalue weighted by molar-refractivity contribution is 0.0379. The highest BCUT2D eigenvalue weighted by Crippen LogP contribution is 2.28. The minimum Gasteiger partial charge on any atom is -0.459 e. The molecule has 0 unspecified atom stereocenters. The van der Waals surface area contributed by atoms with Crippen LogP contribution in [-0.2, 0) is 4.74 Å². The van der Waals surface area contributed by atoms with Crippen molar-refractivity contribution in [2.45, 2.75) is 31.3 Å². The molecule has 2 N–H and O–H groups in total. The quantitative estimate of drug-likeness (QED) is 0.383. The second-order valence-corrected chi connectivity index (χ2v) is 5.06. The third-order valence-electron chi connectivity index (χ3n) is 2.10. The Morgan fingerprint density at radius 2 is 2.28 bits per heavy atom. The summed E-state index contributed by atoms with van der Waals surface area (Å²) >= 11 is 1.47. The number of carbonyl (C=O) groups is 1. The molecule has 0 radical (unpaired) electrons. The van der Waals surface area contributed by atoms with Gasteiger partial charge in [0.05, 0.1) is 23.4 Å². The van der Waals surface area contributed by atoms with E-state index in [-0.39, 0.29) is 6.10 Å². The van der Waals surface area contributed by atoms with Crippen LogP contribution in [0.15, 0.2) is 23.1 Å². The average Bonchev–Trinajstić information content (AvgIpc) is 2.30. The molecule has 0 aliphatic rings. The molecule has 0 spiro atoms. The van der Waals surface area contributed by atoms with Crippen molar-refractivity contribution in [1.29, 1.82) is 5.26 Å². The maximum absolute atomic E-state index is 11.8. The monoisotopic (exact) mass is 264 g/mol. The third-order valence-corrected chi connectivity index (χ3v) is 3.18. The van der Waals surface area contributed by atoms with Gasteiger partial charge in [-0.15, -0.1) is 11.8 Å². The van der Waals surface area contributed by atoms with Crippen molar-refractivity contribution in [2.24, 2.45) is 0 Å². The highest BCUT2D eigenvalue weighted by Gasteiger charge is 2.15. The molecule has 0 heterocycles. The first-order chi connectivity index (χ1) is 8.56. The van der Waals surface area contributed by atoms with Gasteiger partial charge in [0.25, 0.3) is 0 Å². The van der Waals surface area contributed by atoms with Crippen molar-refractivity contribution in [3.05, 3.63) is 23.8 Å². The van der Waals surface area contributed by atoms with E-state index in [1.54, 1.807) is 26.0 Å². The first-order valence-corrected chi connectivity index (χ1v) is 6.64. The summed E-state index contributed by atoms with van der Waals surface area (Å²) in [5.41, 5.74) is 6.74. The predicted octanol–water partition coefficient (Wildman–Crippen LogP) is 2.84. The van der Waals surface area contributed by atoms with Crippen molar-refractivity contribution < 1.29 is 9.53 Å². The fraction of sp³-hybridized carbons (Fsp3) is 0.385. The van der Waals surface area contributed by atoms with E-state index in [9.17, 15) is 4.79 Å². The second kappa shape index (κ2) is 6.92. The smallest absolute Gasteiger partial charge is 0.340 e. The Hall–Kier alpha value is -1.67. The van der Waals surface area contributed by atoms with Gasteiger partial charge in [0.15, 0.2) is 0 Å². The number of hydrogen-bond donors (Lipinski definition) is 1. The molecule has 0 aliphatic heterocycles. The van der Waals surface area contributed by atoms with Crippen LogP contribution in [0.4, 0.5) is 5.69 Å². The van der Waals surface area contributed by atoms with Gasteiger partial charge in [0.2, 0.25) is 0 Å². The lowest BCUT2D eigenvalue weighted by atomic mass is 10.2. The van der Waals surface area contributed by atoms with Gasteiger partial charge in [0, 0.05) is 17.1 Å². The maximum atomic E-state index is 11.8. The first kappa shape index (κ1) is 14.4. The molecule has 0 saturated heterocycles. The van der Waals surface area contributed by atoms with Gasteiger partial charge < -0.3 is 10.5 Å². The van der Waals surface area contributed by atoms with Crippen LogP contribution in [0, 0.1) is 11.3 Å². The Morgan fingerprint density at radius 1 is 1.56 bits per heavy atom.